The molecule has 1 aliphatic heterocycles. The number of piperidine rings is 1. The highest BCUT2D eigenvalue weighted by atomic mass is 16.5. The van der Waals surface area contributed by atoms with Gasteiger partial charge in [-0.25, -0.2) is 0 Å². The maximum absolute atomic E-state index is 10.5. The van der Waals surface area contributed by atoms with Gasteiger partial charge in [0.2, 0.25) is 0 Å². The van der Waals surface area contributed by atoms with Crippen LogP contribution in [0.5, 0.6) is 5.75 Å². The number of likely N-dealkylation sites (tertiary alicyclic amines) is 1. The largest absolute Gasteiger partial charge is 0.491 e. The third-order valence-corrected chi connectivity index (χ3v) is 5.06. The Bertz CT molecular complexity index is 589. The maximum Gasteiger partial charge on any atom is 0.191 e. The molecule has 0 aromatic heterocycles. The highest BCUT2D eigenvalue weighted by Gasteiger charge is 2.20. The average Bonchev–Trinajstić information content (AvgIpc) is 2.70. The normalized spacial score (nSPS) is 19.5. The zero-order valence-electron chi connectivity index (χ0n) is 17.9. The van der Waals surface area contributed by atoms with E-state index in [0.29, 0.717) is 12.6 Å². The lowest BCUT2D eigenvalue weighted by Gasteiger charge is -2.35. The summed E-state index contributed by atoms with van der Waals surface area (Å²) in [4.78, 5) is 7.13. The summed E-state index contributed by atoms with van der Waals surface area (Å²) in [5.41, 5.74) is 0.847. The Balaban J connectivity index is 1.89. The van der Waals surface area contributed by atoms with E-state index < -0.39 is 6.10 Å². The molecule has 1 aromatic carbocycles. The van der Waals surface area contributed by atoms with Gasteiger partial charge in [-0.05, 0) is 64.4 Å². The van der Waals surface area contributed by atoms with E-state index in [1.807, 2.05) is 38.1 Å². The van der Waals surface area contributed by atoms with Gasteiger partial charge in [-0.2, -0.15) is 0 Å². The Kier molecular flexibility index (Phi) is 9.58. The number of ether oxygens (including phenoxy) is 1. The van der Waals surface area contributed by atoms with Crippen molar-refractivity contribution < 1.29 is 9.84 Å². The minimum absolute atomic E-state index is 0.141. The Morgan fingerprint density at radius 2 is 1.96 bits per heavy atom. The van der Waals surface area contributed by atoms with Crippen molar-refractivity contribution in [3.8, 4) is 5.75 Å². The van der Waals surface area contributed by atoms with E-state index in [4.69, 9.17) is 4.74 Å². The van der Waals surface area contributed by atoms with Crippen molar-refractivity contribution in [2.75, 3.05) is 32.7 Å². The molecule has 1 fully saturated rings. The molecule has 3 N–H and O–H groups in total. The molecule has 0 aliphatic carbocycles. The van der Waals surface area contributed by atoms with Crippen molar-refractivity contribution in [1.82, 2.24) is 15.5 Å². The molecule has 0 saturated carbocycles. The van der Waals surface area contributed by atoms with Crippen LogP contribution >= 0.6 is 0 Å². The molecule has 2 atom stereocenters. The van der Waals surface area contributed by atoms with Crippen LogP contribution in [0.25, 0.3) is 0 Å². The number of likely N-dealkylation sites (N-methyl/N-ethyl adjacent to an activating group) is 1. The predicted octanol–water partition coefficient (Wildman–Crippen LogP) is 2.94. The number of aliphatic imine (C=N–C) groups is 1. The molecule has 0 radical (unpaired) electrons. The molecule has 1 heterocycles. The highest BCUT2D eigenvalue weighted by Crippen LogP contribution is 2.19. The van der Waals surface area contributed by atoms with E-state index in [1.165, 1.54) is 25.8 Å². The molecule has 2 rings (SSSR count). The molecule has 158 valence electrons. The summed E-state index contributed by atoms with van der Waals surface area (Å²) in [5.74, 6) is 1.58. The highest BCUT2D eigenvalue weighted by molar-refractivity contribution is 5.79. The molecule has 0 amide bonds. The summed E-state index contributed by atoms with van der Waals surface area (Å²) in [6.45, 7) is 12.6. The molecule has 6 nitrogen and oxygen atoms in total. The van der Waals surface area contributed by atoms with Crippen LogP contribution in [0.2, 0.25) is 0 Å². The van der Waals surface area contributed by atoms with E-state index in [-0.39, 0.29) is 6.10 Å². The van der Waals surface area contributed by atoms with Gasteiger partial charge in [0, 0.05) is 19.1 Å². The minimum Gasteiger partial charge on any atom is -0.491 e. The van der Waals surface area contributed by atoms with Gasteiger partial charge in [-0.1, -0.05) is 25.5 Å². The van der Waals surface area contributed by atoms with Crippen LogP contribution in [0.15, 0.2) is 29.3 Å². The molecular weight excluding hydrogens is 352 g/mol. The van der Waals surface area contributed by atoms with Crippen molar-refractivity contribution in [1.29, 1.82) is 0 Å². The summed E-state index contributed by atoms with van der Waals surface area (Å²) in [5, 5.41) is 17.2. The summed E-state index contributed by atoms with van der Waals surface area (Å²) in [6.07, 6.45) is 3.33. The molecule has 1 aromatic rings. The number of benzene rings is 1. The Labute approximate surface area is 170 Å². The topological polar surface area (TPSA) is 69.1 Å². The zero-order chi connectivity index (χ0) is 20.4. The van der Waals surface area contributed by atoms with Gasteiger partial charge in [0.05, 0.1) is 18.8 Å². The molecule has 1 saturated heterocycles. The second kappa shape index (κ2) is 11.9. The predicted molar refractivity (Wildman–Crippen MR) is 116 cm³/mol. The summed E-state index contributed by atoms with van der Waals surface area (Å²) >= 11 is 0. The number of nitrogens with one attached hydrogen (secondary N) is 2. The van der Waals surface area contributed by atoms with Crippen LogP contribution in [0.4, 0.5) is 0 Å². The summed E-state index contributed by atoms with van der Waals surface area (Å²) in [7, 11) is 0. The van der Waals surface area contributed by atoms with Crippen molar-refractivity contribution in [2.45, 2.75) is 65.2 Å². The first kappa shape index (κ1) is 22.5. The van der Waals surface area contributed by atoms with E-state index in [0.717, 1.165) is 36.9 Å². The third kappa shape index (κ3) is 7.32. The van der Waals surface area contributed by atoms with Crippen molar-refractivity contribution in [3.05, 3.63) is 29.8 Å². The van der Waals surface area contributed by atoms with Gasteiger partial charge < -0.3 is 20.5 Å². The number of hydrogen-bond acceptors (Lipinski definition) is 4. The fraction of sp³-hybridized carbons (Fsp3) is 0.682. The molecule has 28 heavy (non-hydrogen) atoms. The summed E-state index contributed by atoms with van der Waals surface area (Å²) in [6, 6.07) is 8.15. The van der Waals surface area contributed by atoms with Gasteiger partial charge in [0.15, 0.2) is 5.96 Å². The SMILES string of the molecule is CCNC(=NCC(O)c1ccc(OC(C)C)cc1)NCC1CCCCN1CC. The fourth-order valence-corrected chi connectivity index (χ4v) is 3.59. The molecule has 0 spiro atoms. The van der Waals surface area contributed by atoms with Crippen molar-refractivity contribution in [2.24, 2.45) is 4.99 Å². The molecule has 2 unspecified atom stereocenters. The van der Waals surface area contributed by atoms with Crippen LogP contribution < -0.4 is 15.4 Å². The van der Waals surface area contributed by atoms with Gasteiger partial charge >= 0.3 is 0 Å². The minimum atomic E-state index is -0.634. The van der Waals surface area contributed by atoms with Gasteiger partial charge in [-0.3, -0.25) is 9.89 Å². The number of guanidine groups is 1. The number of nitrogens with zero attached hydrogens (tertiary/aromatic N) is 2. The maximum atomic E-state index is 10.5. The summed E-state index contributed by atoms with van der Waals surface area (Å²) < 4.78 is 5.65. The van der Waals surface area contributed by atoms with Crippen molar-refractivity contribution >= 4 is 5.96 Å². The quantitative estimate of drug-likeness (QED) is 0.447. The van der Waals surface area contributed by atoms with Crippen LogP contribution in [0, 0.1) is 0 Å². The number of hydrogen-bond donors (Lipinski definition) is 3. The number of aliphatic hydroxyl groups is 1. The smallest absolute Gasteiger partial charge is 0.191 e. The third-order valence-electron chi connectivity index (χ3n) is 5.06. The lowest BCUT2D eigenvalue weighted by atomic mass is 10.0. The Morgan fingerprint density at radius 3 is 2.61 bits per heavy atom. The second-order valence-corrected chi connectivity index (χ2v) is 7.63. The van der Waals surface area contributed by atoms with Crippen LogP contribution in [-0.2, 0) is 0 Å². The Morgan fingerprint density at radius 1 is 1.21 bits per heavy atom. The molecular formula is C22H38N4O2. The van der Waals surface area contributed by atoms with Crippen molar-refractivity contribution in [3.63, 3.8) is 0 Å². The zero-order valence-corrected chi connectivity index (χ0v) is 17.9. The number of rotatable bonds is 9. The van der Waals surface area contributed by atoms with Gasteiger partial charge in [-0.15, -0.1) is 0 Å². The first-order valence-electron chi connectivity index (χ1n) is 10.7. The molecule has 6 heteroatoms. The van der Waals surface area contributed by atoms with E-state index in [1.54, 1.807) is 0 Å². The number of aliphatic hydroxyl groups excluding tert-OH is 1. The van der Waals surface area contributed by atoms with E-state index >= 15 is 0 Å². The first-order valence-corrected chi connectivity index (χ1v) is 10.7. The lowest BCUT2D eigenvalue weighted by molar-refractivity contribution is 0.157. The van der Waals surface area contributed by atoms with Crippen LogP contribution in [0.3, 0.4) is 0 Å². The first-order chi connectivity index (χ1) is 13.5. The molecule has 0 bridgehead atoms. The average molecular weight is 391 g/mol. The standard InChI is InChI=1S/C22H38N4O2/c1-5-23-22(24-15-19-9-7-8-14-26(19)6-2)25-16-21(27)18-10-12-20(13-11-18)28-17(3)4/h10-13,17,19,21,27H,5-9,14-16H2,1-4H3,(H2,23,24,25). The Hall–Kier alpha value is -1.79. The molecule has 1 aliphatic rings. The van der Waals surface area contributed by atoms with Gasteiger partial charge in [0.25, 0.3) is 0 Å². The van der Waals surface area contributed by atoms with Crippen LogP contribution in [0.1, 0.15) is 58.6 Å². The van der Waals surface area contributed by atoms with E-state index in [9.17, 15) is 5.11 Å². The fourth-order valence-electron chi connectivity index (χ4n) is 3.59. The monoisotopic (exact) mass is 390 g/mol. The lowest BCUT2D eigenvalue weighted by Crippen LogP contribution is -2.49. The van der Waals surface area contributed by atoms with Crippen LogP contribution in [-0.4, -0.2) is 60.8 Å². The van der Waals surface area contributed by atoms with E-state index in [2.05, 4.69) is 34.4 Å². The van der Waals surface area contributed by atoms with Gasteiger partial charge in [0.1, 0.15) is 5.75 Å². The second-order valence-electron chi connectivity index (χ2n) is 7.63.